The third-order valence-corrected chi connectivity index (χ3v) is 5.00. The van der Waals surface area contributed by atoms with Gasteiger partial charge in [0, 0.05) is 15.7 Å². The van der Waals surface area contributed by atoms with Gasteiger partial charge in [0.1, 0.15) is 11.6 Å². The normalized spacial score (nSPS) is 14.3. The number of phenols is 1. The van der Waals surface area contributed by atoms with Crippen molar-refractivity contribution in [1.82, 2.24) is 0 Å². The number of rotatable bonds is 6. The first-order valence-electron chi connectivity index (χ1n) is 8.57. The number of anilines is 1. The monoisotopic (exact) mass is 477 g/mol. The van der Waals surface area contributed by atoms with Gasteiger partial charge in [-0.05, 0) is 48.2 Å². The van der Waals surface area contributed by atoms with Gasteiger partial charge in [0.25, 0.3) is 0 Å². The summed E-state index contributed by atoms with van der Waals surface area (Å²) in [6.07, 6.45) is -7.36. The summed E-state index contributed by atoms with van der Waals surface area (Å²) in [7, 11) is 0. The fraction of sp³-hybridized carbons (Fsp3) is 0.350. The van der Waals surface area contributed by atoms with Crippen LogP contribution >= 0.6 is 15.9 Å². The zero-order valence-electron chi connectivity index (χ0n) is 15.6. The highest BCUT2D eigenvalue weighted by Gasteiger charge is 2.57. The number of amides is 1. The van der Waals surface area contributed by atoms with Gasteiger partial charge in [-0.2, -0.15) is 13.2 Å². The van der Waals surface area contributed by atoms with Crippen LogP contribution in [0.3, 0.4) is 0 Å². The molecule has 158 valence electrons. The molecule has 0 aromatic heterocycles. The molecule has 4 nitrogen and oxygen atoms in total. The van der Waals surface area contributed by atoms with Crippen molar-refractivity contribution in [1.29, 1.82) is 0 Å². The summed E-state index contributed by atoms with van der Waals surface area (Å²) >= 11 is 3.19. The van der Waals surface area contributed by atoms with Crippen molar-refractivity contribution < 1.29 is 32.6 Å². The highest BCUT2D eigenvalue weighted by atomic mass is 79.9. The first kappa shape index (κ1) is 23.2. The third kappa shape index (κ3) is 5.70. The molecule has 29 heavy (non-hydrogen) atoms. The topological polar surface area (TPSA) is 69.6 Å². The summed E-state index contributed by atoms with van der Waals surface area (Å²) in [4.78, 5) is 12.2. The summed E-state index contributed by atoms with van der Waals surface area (Å²) in [5, 5.41) is 22.7. The second kappa shape index (κ2) is 8.31. The molecule has 0 heterocycles. The molecule has 0 fully saturated rings. The molecule has 2 aromatic carbocycles. The largest absolute Gasteiger partial charge is 0.508 e. The number of halogens is 5. The molecular formula is C20H20BrF4NO3. The van der Waals surface area contributed by atoms with E-state index >= 15 is 0 Å². The SMILES string of the molecule is CC(C)(CC(O)(CC(=O)Nc1cccc(Br)c1)C(F)(F)F)c1cc(F)ccc1O. The van der Waals surface area contributed by atoms with E-state index in [1.54, 1.807) is 12.1 Å². The molecule has 0 aliphatic heterocycles. The van der Waals surface area contributed by atoms with Crippen LogP contribution in [0, 0.1) is 5.82 Å². The number of aliphatic hydroxyl groups is 1. The summed E-state index contributed by atoms with van der Waals surface area (Å²) in [6, 6.07) is 9.16. The molecule has 0 saturated heterocycles. The van der Waals surface area contributed by atoms with E-state index in [1.165, 1.54) is 26.0 Å². The van der Waals surface area contributed by atoms with E-state index < -0.39 is 47.5 Å². The van der Waals surface area contributed by atoms with Gasteiger partial charge in [-0.15, -0.1) is 0 Å². The van der Waals surface area contributed by atoms with E-state index in [0.717, 1.165) is 18.2 Å². The van der Waals surface area contributed by atoms with Gasteiger partial charge in [-0.25, -0.2) is 4.39 Å². The number of hydrogen-bond acceptors (Lipinski definition) is 3. The lowest BCUT2D eigenvalue weighted by Crippen LogP contribution is -2.51. The lowest BCUT2D eigenvalue weighted by molar-refractivity contribution is -0.266. The van der Waals surface area contributed by atoms with E-state index in [1.807, 2.05) is 0 Å². The zero-order valence-corrected chi connectivity index (χ0v) is 17.2. The van der Waals surface area contributed by atoms with Gasteiger partial charge in [-0.3, -0.25) is 4.79 Å². The first-order valence-corrected chi connectivity index (χ1v) is 9.36. The highest BCUT2D eigenvalue weighted by Crippen LogP contribution is 2.45. The average Bonchev–Trinajstić information content (AvgIpc) is 2.55. The molecule has 1 atom stereocenters. The van der Waals surface area contributed by atoms with Crippen LogP contribution in [-0.4, -0.2) is 27.9 Å². The van der Waals surface area contributed by atoms with Gasteiger partial charge < -0.3 is 15.5 Å². The second-order valence-corrected chi connectivity index (χ2v) is 8.40. The van der Waals surface area contributed by atoms with Crippen molar-refractivity contribution in [3.05, 3.63) is 58.3 Å². The Bertz CT molecular complexity index is 902. The molecule has 9 heteroatoms. The second-order valence-electron chi connectivity index (χ2n) is 7.49. The van der Waals surface area contributed by atoms with E-state index in [-0.39, 0.29) is 11.3 Å². The van der Waals surface area contributed by atoms with Gasteiger partial charge in [-0.1, -0.05) is 35.8 Å². The molecule has 1 amide bonds. The molecule has 3 N–H and O–H groups in total. The van der Waals surface area contributed by atoms with Crippen LogP contribution in [0.25, 0.3) is 0 Å². The van der Waals surface area contributed by atoms with Crippen LogP contribution in [0.1, 0.15) is 32.3 Å². The average molecular weight is 478 g/mol. The standard InChI is InChI=1S/C20H20BrF4NO3/c1-18(2,15-9-13(22)6-7-16(15)27)11-19(29,20(23,24)25)10-17(28)26-14-5-3-4-12(21)8-14/h3-9,27,29H,10-11H2,1-2H3,(H,26,28). The van der Waals surface area contributed by atoms with E-state index in [2.05, 4.69) is 21.2 Å². The number of hydrogen-bond donors (Lipinski definition) is 3. The number of carbonyl (C=O) groups is 1. The maximum absolute atomic E-state index is 13.7. The molecular weight excluding hydrogens is 458 g/mol. The molecule has 0 aliphatic rings. The molecule has 2 aromatic rings. The van der Waals surface area contributed by atoms with Gasteiger partial charge in [0.15, 0.2) is 5.60 Å². The Kier molecular flexibility index (Phi) is 6.64. The van der Waals surface area contributed by atoms with Crippen LogP contribution in [0.15, 0.2) is 46.9 Å². The molecule has 1 unspecified atom stereocenters. The number of alkyl halides is 3. The van der Waals surface area contributed by atoms with Gasteiger partial charge >= 0.3 is 6.18 Å². The van der Waals surface area contributed by atoms with Crippen LogP contribution in [0.4, 0.5) is 23.2 Å². The minimum absolute atomic E-state index is 0.104. The van der Waals surface area contributed by atoms with E-state index in [9.17, 15) is 32.6 Å². The maximum Gasteiger partial charge on any atom is 0.417 e. The zero-order chi connectivity index (χ0) is 22.0. The molecule has 0 spiro atoms. The Hall–Kier alpha value is -2.13. The van der Waals surface area contributed by atoms with Crippen molar-refractivity contribution >= 4 is 27.5 Å². The fourth-order valence-corrected chi connectivity index (χ4v) is 3.58. The number of nitrogens with one attached hydrogen (secondary N) is 1. The Labute approximate surface area is 173 Å². The van der Waals surface area contributed by atoms with E-state index in [0.29, 0.717) is 4.47 Å². The Morgan fingerprint density at radius 1 is 1.14 bits per heavy atom. The summed E-state index contributed by atoms with van der Waals surface area (Å²) < 4.78 is 55.3. The summed E-state index contributed by atoms with van der Waals surface area (Å²) in [5.41, 5.74) is -4.73. The Morgan fingerprint density at radius 2 is 1.79 bits per heavy atom. The quantitative estimate of drug-likeness (QED) is 0.495. The molecule has 0 aliphatic carbocycles. The molecule has 2 rings (SSSR count). The lowest BCUT2D eigenvalue weighted by atomic mass is 9.73. The minimum Gasteiger partial charge on any atom is -0.508 e. The van der Waals surface area contributed by atoms with Gasteiger partial charge in [0.05, 0.1) is 6.42 Å². The van der Waals surface area contributed by atoms with Crippen molar-refractivity contribution in [3.8, 4) is 5.75 Å². The molecule has 0 radical (unpaired) electrons. The van der Waals surface area contributed by atoms with Gasteiger partial charge in [0.2, 0.25) is 5.91 Å². The molecule has 0 saturated carbocycles. The third-order valence-electron chi connectivity index (χ3n) is 4.51. The fourth-order valence-electron chi connectivity index (χ4n) is 3.18. The lowest BCUT2D eigenvalue weighted by Gasteiger charge is -2.37. The number of phenolic OH excluding ortho intramolecular Hbond substituents is 1. The predicted molar refractivity (Wildman–Crippen MR) is 104 cm³/mol. The Balaban J connectivity index is 2.29. The minimum atomic E-state index is -5.14. The summed E-state index contributed by atoms with van der Waals surface area (Å²) in [6.45, 7) is 2.65. The van der Waals surface area contributed by atoms with Crippen molar-refractivity contribution in [2.75, 3.05) is 5.32 Å². The maximum atomic E-state index is 13.7. The van der Waals surface area contributed by atoms with Crippen LogP contribution in [0.5, 0.6) is 5.75 Å². The molecule has 0 bridgehead atoms. The number of benzene rings is 2. The van der Waals surface area contributed by atoms with E-state index in [4.69, 9.17) is 0 Å². The number of aromatic hydroxyl groups is 1. The van der Waals surface area contributed by atoms with Crippen LogP contribution in [0.2, 0.25) is 0 Å². The first-order chi connectivity index (χ1) is 13.2. The van der Waals surface area contributed by atoms with Crippen molar-refractivity contribution in [2.45, 2.75) is 43.9 Å². The number of carbonyl (C=O) groups excluding carboxylic acids is 1. The highest BCUT2D eigenvalue weighted by molar-refractivity contribution is 9.10. The van der Waals surface area contributed by atoms with Crippen LogP contribution in [-0.2, 0) is 10.2 Å². The van der Waals surface area contributed by atoms with Crippen molar-refractivity contribution in [3.63, 3.8) is 0 Å². The Morgan fingerprint density at radius 3 is 2.38 bits per heavy atom. The van der Waals surface area contributed by atoms with Crippen LogP contribution < -0.4 is 5.32 Å². The predicted octanol–water partition coefficient (Wildman–Crippen LogP) is 5.28. The summed E-state index contributed by atoms with van der Waals surface area (Å²) in [5.74, 6) is -2.18. The van der Waals surface area contributed by atoms with Crippen molar-refractivity contribution in [2.24, 2.45) is 0 Å². The smallest absolute Gasteiger partial charge is 0.417 e.